The van der Waals surface area contributed by atoms with Crippen molar-refractivity contribution in [3.63, 3.8) is 0 Å². The van der Waals surface area contributed by atoms with Gasteiger partial charge in [0.05, 0.1) is 0 Å². The molecule has 2 aliphatic rings. The average Bonchev–Trinajstić information content (AvgIpc) is 3.08. The molecule has 2 saturated heterocycles. The van der Waals surface area contributed by atoms with Crippen LogP contribution in [0.3, 0.4) is 0 Å². The highest BCUT2D eigenvalue weighted by atomic mass is 16.1. The number of benzene rings is 1. The van der Waals surface area contributed by atoms with E-state index in [1.807, 2.05) is 6.07 Å². The van der Waals surface area contributed by atoms with Crippen LogP contribution < -0.4 is 10.6 Å². The number of piperidine rings is 1. The molecule has 126 valence electrons. The molecule has 1 unspecified atom stereocenters. The predicted molar refractivity (Wildman–Crippen MR) is 94.4 cm³/mol. The number of hydrogen-bond donors (Lipinski definition) is 2. The highest BCUT2D eigenvalue weighted by Crippen LogP contribution is 2.18. The van der Waals surface area contributed by atoms with Crippen molar-refractivity contribution in [3.8, 4) is 0 Å². The summed E-state index contributed by atoms with van der Waals surface area (Å²) in [6.45, 7) is 5.57. The fourth-order valence-corrected chi connectivity index (χ4v) is 3.64. The lowest BCUT2D eigenvalue weighted by Crippen LogP contribution is -2.29. The molecule has 0 aliphatic carbocycles. The zero-order valence-electron chi connectivity index (χ0n) is 14.0. The Morgan fingerprint density at radius 3 is 2.91 bits per heavy atom. The molecule has 0 bridgehead atoms. The van der Waals surface area contributed by atoms with Gasteiger partial charge in [0, 0.05) is 18.7 Å². The lowest BCUT2D eigenvalue weighted by molar-refractivity contribution is -0.116. The second-order valence-corrected chi connectivity index (χ2v) is 6.98. The minimum atomic E-state index is 0.145. The lowest BCUT2D eigenvalue weighted by atomic mass is 10.0. The summed E-state index contributed by atoms with van der Waals surface area (Å²) >= 11 is 0. The summed E-state index contributed by atoms with van der Waals surface area (Å²) in [5.41, 5.74) is 2.23. The third-order valence-corrected chi connectivity index (χ3v) is 5.01. The van der Waals surface area contributed by atoms with Crippen LogP contribution in [0.4, 0.5) is 5.69 Å². The molecule has 2 aliphatic heterocycles. The number of carbonyl (C=O) groups is 1. The molecule has 23 heavy (non-hydrogen) atoms. The van der Waals surface area contributed by atoms with Gasteiger partial charge in [0.25, 0.3) is 0 Å². The van der Waals surface area contributed by atoms with Crippen molar-refractivity contribution in [1.29, 1.82) is 0 Å². The SMILES string of the molecule is O=C(CCC1CCNC1)Nc1cccc(CN2CCCCC2)c1. The van der Waals surface area contributed by atoms with Crippen LogP contribution in [-0.2, 0) is 11.3 Å². The van der Waals surface area contributed by atoms with E-state index in [1.54, 1.807) is 0 Å². The Morgan fingerprint density at radius 2 is 2.13 bits per heavy atom. The van der Waals surface area contributed by atoms with E-state index in [4.69, 9.17) is 0 Å². The highest BCUT2D eigenvalue weighted by molar-refractivity contribution is 5.90. The van der Waals surface area contributed by atoms with Crippen molar-refractivity contribution in [2.24, 2.45) is 5.92 Å². The van der Waals surface area contributed by atoms with Crippen molar-refractivity contribution in [3.05, 3.63) is 29.8 Å². The van der Waals surface area contributed by atoms with Gasteiger partial charge in [0.2, 0.25) is 5.91 Å². The van der Waals surface area contributed by atoms with E-state index in [0.717, 1.165) is 31.7 Å². The second-order valence-electron chi connectivity index (χ2n) is 6.98. The molecular weight excluding hydrogens is 286 g/mol. The maximum Gasteiger partial charge on any atom is 0.224 e. The number of amides is 1. The van der Waals surface area contributed by atoms with Gasteiger partial charge >= 0.3 is 0 Å². The van der Waals surface area contributed by atoms with Crippen molar-refractivity contribution in [2.45, 2.75) is 45.1 Å². The molecule has 0 aromatic heterocycles. The molecular formula is C19H29N3O. The minimum absolute atomic E-state index is 0.145. The summed E-state index contributed by atoms with van der Waals surface area (Å²) < 4.78 is 0. The van der Waals surface area contributed by atoms with Crippen LogP contribution in [0.2, 0.25) is 0 Å². The van der Waals surface area contributed by atoms with Gasteiger partial charge in [-0.05, 0) is 75.5 Å². The predicted octanol–water partition coefficient (Wildman–Crippen LogP) is 3.00. The van der Waals surface area contributed by atoms with Crippen LogP contribution in [0.1, 0.15) is 44.1 Å². The molecule has 0 spiro atoms. The number of nitrogens with one attached hydrogen (secondary N) is 2. The first-order chi connectivity index (χ1) is 11.3. The summed E-state index contributed by atoms with van der Waals surface area (Å²) in [7, 11) is 0. The number of rotatable bonds is 6. The summed E-state index contributed by atoms with van der Waals surface area (Å²) in [4.78, 5) is 14.6. The molecule has 4 nitrogen and oxygen atoms in total. The normalized spacial score (nSPS) is 22.2. The average molecular weight is 315 g/mol. The molecule has 2 N–H and O–H groups in total. The van der Waals surface area contributed by atoms with Crippen molar-refractivity contribution < 1.29 is 4.79 Å². The highest BCUT2D eigenvalue weighted by Gasteiger charge is 2.16. The van der Waals surface area contributed by atoms with Crippen LogP contribution in [0.25, 0.3) is 0 Å². The van der Waals surface area contributed by atoms with E-state index in [0.29, 0.717) is 12.3 Å². The number of carbonyl (C=O) groups excluding carboxylic acids is 1. The van der Waals surface area contributed by atoms with Gasteiger partial charge < -0.3 is 10.6 Å². The molecule has 2 fully saturated rings. The zero-order chi connectivity index (χ0) is 15.9. The van der Waals surface area contributed by atoms with Crippen LogP contribution in [-0.4, -0.2) is 37.0 Å². The summed E-state index contributed by atoms with van der Waals surface area (Å²) in [6.07, 6.45) is 6.82. The van der Waals surface area contributed by atoms with Gasteiger partial charge in [-0.3, -0.25) is 9.69 Å². The topological polar surface area (TPSA) is 44.4 Å². The first-order valence-corrected chi connectivity index (χ1v) is 9.11. The van der Waals surface area contributed by atoms with Gasteiger partial charge in [-0.25, -0.2) is 0 Å². The Labute approximate surface area is 139 Å². The summed E-state index contributed by atoms with van der Waals surface area (Å²) in [5, 5.41) is 6.42. The van der Waals surface area contributed by atoms with E-state index in [-0.39, 0.29) is 5.91 Å². The Bertz CT molecular complexity index is 505. The molecule has 3 rings (SSSR count). The Morgan fingerprint density at radius 1 is 1.26 bits per heavy atom. The van der Waals surface area contributed by atoms with E-state index in [2.05, 4.69) is 33.7 Å². The number of likely N-dealkylation sites (tertiary alicyclic amines) is 1. The summed E-state index contributed by atoms with van der Waals surface area (Å²) in [6, 6.07) is 8.34. The van der Waals surface area contributed by atoms with Gasteiger partial charge in [0.15, 0.2) is 0 Å². The first kappa shape index (κ1) is 16.5. The maximum atomic E-state index is 12.1. The maximum absolute atomic E-state index is 12.1. The minimum Gasteiger partial charge on any atom is -0.326 e. The molecule has 0 saturated carbocycles. The monoisotopic (exact) mass is 315 g/mol. The largest absolute Gasteiger partial charge is 0.326 e. The molecule has 4 heteroatoms. The Balaban J connectivity index is 1.47. The van der Waals surface area contributed by atoms with E-state index >= 15 is 0 Å². The quantitative estimate of drug-likeness (QED) is 0.848. The number of nitrogens with zero attached hydrogens (tertiary/aromatic N) is 1. The molecule has 2 heterocycles. The van der Waals surface area contributed by atoms with E-state index in [1.165, 1.54) is 44.3 Å². The van der Waals surface area contributed by atoms with Crippen molar-refractivity contribution >= 4 is 11.6 Å². The van der Waals surface area contributed by atoms with Crippen LogP contribution in [0, 0.1) is 5.92 Å². The van der Waals surface area contributed by atoms with Gasteiger partial charge in [-0.2, -0.15) is 0 Å². The standard InChI is InChI=1S/C19H29N3O/c23-19(8-7-16-9-10-20-14-16)21-18-6-4-5-17(13-18)15-22-11-2-1-3-12-22/h4-6,13,16,20H,1-3,7-12,14-15H2,(H,21,23). The molecule has 1 aromatic carbocycles. The van der Waals surface area contributed by atoms with Crippen LogP contribution in [0.5, 0.6) is 0 Å². The van der Waals surface area contributed by atoms with Crippen LogP contribution in [0.15, 0.2) is 24.3 Å². The third-order valence-electron chi connectivity index (χ3n) is 5.01. The summed E-state index contributed by atoms with van der Waals surface area (Å²) in [5.74, 6) is 0.818. The molecule has 0 radical (unpaired) electrons. The lowest BCUT2D eigenvalue weighted by Gasteiger charge is -2.26. The fraction of sp³-hybridized carbons (Fsp3) is 0.632. The first-order valence-electron chi connectivity index (χ1n) is 9.11. The second kappa shape index (κ2) is 8.46. The number of anilines is 1. The molecule has 1 aromatic rings. The van der Waals surface area contributed by atoms with E-state index < -0.39 is 0 Å². The molecule has 1 atom stereocenters. The van der Waals surface area contributed by atoms with Gasteiger partial charge in [-0.15, -0.1) is 0 Å². The zero-order valence-corrected chi connectivity index (χ0v) is 14.0. The van der Waals surface area contributed by atoms with Crippen molar-refractivity contribution in [1.82, 2.24) is 10.2 Å². The van der Waals surface area contributed by atoms with Crippen LogP contribution >= 0.6 is 0 Å². The molecule has 1 amide bonds. The fourth-order valence-electron chi connectivity index (χ4n) is 3.64. The van der Waals surface area contributed by atoms with Gasteiger partial charge in [-0.1, -0.05) is 18.6 Å². The van der Waals surface area contributed by atoms with E-state index in [9.17, 15) is 4.79 Å². The third kappa shape index (κ3) is 5.33. The van der Waals surface area contributed by atoms with Crippen molar-refractivity contribution in [2.75, 3.05) is 31.5 Å². The number of hydrogen-bond acceptors (Lipinski definition) is 3. The smallest absolute Gasteiger partial charge is 0.224 e. The Kier molecular flexibility index (Phi) is 6.06. The van der Waals surface area contributed by atoms with Gasteiger partial charge in [0.1, 0.15) is 0 Å². The Hall–Kier alpha value is -1.39.